The van der Waals surface area contributed by atoms with E-state index in [1.54, 1.807) is 24.1 Å². The van der Waals surface area contributed by atoms with Crippen LogP contribution in [0.15, 0.2) is 54.0 Å². The molecule has 0 spiro atoms. The monoisotopic (exact) mass is 431 g/mol. The van der Waals surface area contributed by atoms with Gasteiger partial charge in [0.1, 0.15) is 5.82 Å². The van der Waals surface area contributed by atoms with Gasteiger partial charge >= 0.3 is 0 Å². The molecule has 2 heterocycles. The zero-order valence-corrected chi connectivity index (χ0v) is 18.4. The molecular weight excluding hydrogens is 402 g/mol. The molecule has 1 fully saturated rings. The summed E-state index contributed by atoms with van der Waals surface area (Å²) in [6.07, 6.45) is 12.3. The summed E-state index contributed by atoms with van der Waals surface area (Å²) in [5.41, 5.74) is 10.2. The second-order valence-corrected chi connectivity index (χ2v) is 8.05. The van der Waals surface area contributed by atoms with Crippen LogP contribution in [0.1, 0.15) is 31.2 Å². The predicted molar refractivity (Wildman–Crippen MR) is 128 cm³/mol. The SMILES string of the molecule is CN=CC(=CN)c1cccc(-c2ncc(-c3cnn(C)c3)c(NC3CCCC[C@H]3O)n2)c1. The number of anilines is 1. The van der Waals surface area contributed by atoms with Crippen molar-refractivity contribution in [3.05, 3.63) is 54.6 Å². The summed E-state index contributed by atoms with van der Waals surface area (Å²) in [6.45, 7) is 0. The maximum atomic E-state index is 10.5. The fourth-order valence-corrected chi connectivity index (χ4v) is 4.05. The van der Waals surface area contributed by atoms with Crippen molar-refractivity contribution in [2.24, 2.45) is 17.8 Å². The van der Waals surface area contributed by atoms with Gasteiger partial charge in [-0.2, -0.15) is 5.10 Å². The van der Waals surface area contributed by atoms with Gasteiger partial charge in [0.15, 0.2) is 5.82 Å². The second-order valence-electron chi connectivity index (χ2n) is 8.05. The van der Waals surface area contributed by atoms with Crippen LogP contribution >= 0.6 is 0 Å². The van der Waals surface area contributed by atoms with Crippen molar-refractivity contribution in [3.63, 3.8) is 0 Å². The van der Waals surface area contributed by atoms with E-state index >= 15 is 0 Å². The van der Waals surface area contributed by atoms with Gasteiger partial charge in [-0.3, -0.25) is 9.67 Å². The maximum Gasteiger partial charge on any atom is 0.161 e. The van der Waals surface area contributed by atoms with Gasteiger partial charge in [0, 0.05) is 61.2 Å². The lowest BCUT2D eigenvalue weighted by Gasteiger charge is -2.29. The molecule has 32 heavy (non-hydrogen) atoms. The van der Waals surface area contributed by atoms with Crippen LogP contribution in [0, 0.1) is 0 Å². The highest BCUT2D eigenvalue weighted by Crippen LogP contribution is 2.31. The van der Waals surface area contributed by atoms with Crippen molar-refractivity contribution in [2.75, 3.05) is 12.4 Å². The van der Waals surface area contributed by atoms with Gasteiger partial charge < -0.3 is 16.2 Å². The van der Waals surface area contributed by atoms with Gasteiger partial charge in [-0.25, -0.2) is 9.97 Å². The summed E-state index contributed by atoms with van der Waals surface area (Å²) < 4.78 is 1.75. The third-order valence-corrected chi connectivity index (χ3v) is 5.76. The van der Waals surface area contributed by atoms with Gasteiger partial charge in [0.05, 0.1) is 18.3 Å². The Balaban J connectivity index is 1.74. The van der Waals surface area contributed by atoms with E-state index in [1.165, 1.54) is 6.20 Å². The van der Waals surface area contributed by atoms with Crippen molar-refractivity contribution < 1.29 is 5.11 Å². The van der Waals surface area contributed by atoms with Gasteiger partial charge in [0.2, 0.25) is 0 Å². The van der Waals surface area contributed by atoms with E-state index < -0.39 is 6.10 Å². The molecule has 0 bridgehead atoms. The minimum absolute atomic E-state index is 0.0409. The molecule has 166 valence electrons. The molecule has 4 rings (SSSR count). The number of aliphatic hydroxyl groups is 1. The number of hydrogen-bond acceptors (Lipinski definition) is 7. The molecule has 0 radical (unpaired) electrons. The van der Waals surface area contributed by atoms with Crippen LogP contribution in [0.2, 0.25) is 0 Å². The van der Waals surface area contributed by atoms with E-state index in [2.05, 4.69) is 20.4 Å². The molecular formula is C24H29N7O. The summed E-state index contributed by atoms with van der Waals surface area (Å²) in [6, 6.07) is 7.86. The van der Waals surface area contributed by atoms with E-state index in [9.17, 15) is 5.11 Å². The number of aryl methyl sites for hydroxylation is 1. The molecule has 2 aromatic heterocycles. The zero-order chi connectivity index (χ0) is 22.5. The molecule has 0 saturated heterocycles. The highest BCUT2D eigenvalue weighted by atomic mass is 16.3. The van der Waals surface area contributed by atoms with Gasteiger partial charge in [-0.15, -0.1) is 0 Å². The van der Waals surface area contributed by atoms with Crippen LogP contribution in [-0.2, 0) is 7.05 Å². The van der Waals surface area contributed by atoms with Crippen molar-refractivity contribution in [1.29, 1.82) is 0 Å². The number of allylic oxidation sites excluding steroid dienone is 1. The lowest BCUT2D eigenvalue weighted by atomic mass is 9.92. The number of aliphatic imine (C=N–C) groups is 1. The van der Waals surface area contributed by atoms with E-state index in [1.807, 2.05) is 43.7 Å². The lowest BCUT2D eigenvalue weighted by molar-refractivity contribution is 0.116. The van der Waals surface area contributed by atoms with Crippen LogP contribution < -0.4 is 11.1 Å². The van der Waals surface area contributed by atoms with Crippen molar-refractivity contribution in [3.8, 4) is 22.5 Å². The molecule has 1 aliphatic carbocycles. The molecule has 1 unspecified atom stereocenters. The fourth-order valence-electron chi connectivity index (χ4n) is 4.05. The Bertz CT molecular complexity index is 1130. The van der Waals surface area contributed by atoms with E-state index in [4.69, 9.17) is 10.7 Å². The maximum absolute atomic E-state index is 10.5. The molecule has 1 aromatic carbocycles. The number of nitrogens with one attached hydrogen (secondary N) is 1. The zero-order valence-electron chi connectivity index (χ0n) is 18.4. The van der Waals surface area contributed by atoms with Crippen molar-refractivity contribution in [1.82, 2.24) is 19.7 Å². The van der Waals surface area contributed by atoms with Crippen molar-refractivity contribution >= 4 is 17.6 Å². The number of hydrogen-bond donors (Lipinski definition) is 3. The van der Waals surface area contributed by atoms with Crippen LogP contribution in [0.3, 0.4) is 0 Å². The molecule has 1 aliphatic rings. The minimum Gasteiger partial charge on any atom is -0.404 e. The molecule has 1 saturated carbocycles. The highest BCUT2D eigenvalue weighted by molar-refractivity contribution is 6.09. The van der Waals surface area contributed by atoms with Crippen molar-refractivity contribution in [2.45, 2.75) is 37.8 Å². The molecule has 4 N–H and O–H groups in total. The second kappa shape index (κ2) is 9.74. The Morgan fingerprint density at radius 1 is 1.25 bits per heavy atom. The average Bonchev–Trinajstić information content (AvgIpc) is 3.25. The summed E-state index contributed by atoms with van der Waals surface area (Å²) in [7, 11) is 3.59. The number of aromatic nitrogens is 4. The topological polar surface area (TPSA) is 114 Å². The van der Waals surface area contributed by atoms with Crippen LogP contribution in [0.25, 0.3) is 28.1 Å². The van der Waals surface area contributed by atoms with E-state index in [-0.39, 0.29) is 6.04 Å². The van der Waals surface area contributed by atoms with Crippen LogP contribution in [-0.4, -0.2) is 50.3 Å². The summed E-state index contributed by atoms with van der Waals surface area (Å²) in [5.74, 6) is 1.29. The number of rotatable bonds is 6. The fraction of sp³-hybridized carbons (Fsp3) is 0.333. The first-order valence-corrected chi connectivity index (χ1v) is 10.8. The lowest BCUT2D eigenvalue weighted by Crippen LogP contribution is -2.36. The Morgan fingerprint density at radius 2 is 2.09 bits per heavy atom. The first-order valence-electron chi connectivity index (χ1n) is 10.8. The Morgan fingerprint density at radius 3 is 2.81 bits per heavy atom. The normalized spacial score (nSPS) is 19.4. The third-order valence-electron chi connectivity index (χ3n) is 5.76. The smallest absolute Gasteiger partial charge is 0.161 e. The summed E-state index contributed by atoms with van der Waals surface area (Å²) >= 11 is 0. The number of nitrogens with zero attached hydrogens (tertiary/aromatic N) is 5. The number of benzene rings is 1. The first-order chi connectivity index (χ1) is 15.6. The Hall–Kier alpha value is -3.52. The van der Waals surface area contributed by atoms with E-state index in [0.29, 0.717) is 11.6 Å². The first kappa shape index (κ1) is 21.7. The summed E-state index contributed by atoms with van der Waals surface area (Å²) in [4.78, 5) is 13.6. The van der Waals surface area contributed by atoms with Crippen LogP contribution in [0.5, 0.6) is 0 Å². The van der Waals surface area contributed by atoms with Gasteiger partial charge in [-0.1, -0.05) is 31.0 Å². The molecule has 3 aromatic rings. The Kier molecular flexibility index (Phi) is 6.61. The molecule has 0 aliphatic heterocycles. The Labute approximate surface area is 187 Å². The highest BCUT2D eigenvalue weighted by Gasteiger charge is 2.25. The molecule has 2 atom stereocenters. The number of nitrogens with two attached hydrogens (primary N) is 1. The predicted octanol–water partition coefficient (Wildman–Crippen LogP) is 3.26. The molecule has 8 nitrogen and oxygen atoms in total. The van der Waals surface area contributed by atoms with Crippen LogP contribution in [0.4, 0.5) is 5.82 Å². The molecule has 8 heteroatoms. The van der Waals surface area contributed by atoms with E-state index in [0.717, 1.165) is 53.5 Å². The number of aliphatic hydroxyl groups excluding tert-OH is 1. The van der Waals surface area contributed by atoms with Gasteiger partial charge in [0.25, 0.3) is 0 Å². The molecule has 0 amide bonds. The average molecular weight is 432 g/mol. The largest absolute Gasteiger partial charge is 0.404 e. The minimum atomic E-state index is -0.391. The third kappa shape index (κ3) is 4.70. The van der Waals surface area contributed by atoms with Gasteiger partial charge in [-0.05, 0) is 24.5 Å². The summed E-state index contributed by atoms with van der Waals surface area (Å²) in [5, 5.41) is 18.3. The quantitative estimate of drug-likeness (QED) is 0.516. The standard InChI is InChI=1S/C24H29N7O/c1-26-12-18(11-25)16-6-5-7-17(10-16)23-27-14-20(19-13-28-31(2)15-19)24(30-23)29-21-8-3-4-9-22(21)32/h5-7,10-15,21-22,32H,3-4,8-9,25H2,1-2H3,(H,27,29,30)/t21?,22-/m1/s1.